The van der Waals surface area contributed by atoms with Crippen LogP contribution in [0.25, 0.3) is 0 Å². The Kier molecular flexibility index (Phi) is 4.64. The molecular formula is C14H17ClN4O3. The maximum atomic E-state index is 11.0. The van der Waals surface area contributed by atoms with Crippen LogP contribution in [0.15, 0.2) is 12.1 Å². The summed E-state index contributed by atoms with van der Waals surface area (Å²) in [5, 5.41) is 28.6. The maximum Gasteiger partial charge on any atom is 0.407 e. The average molecular weight is 325 g/mol. The van der Waals surface area contributed by atoms with Gasteiger partial charge in [0.25, 0.3) is 0 Å². The predicted octanol–water partition coefficient (Wildman–Crippen LogP) is 1.34. The van der Waals surface area contributed by atoms with Gasteiger partial charge in [-0.1, -0.05) is 11.6 Å². The van der Waals surface area contributed by atoms with Gasteiger partial charge in [0, 0.05) is 20.1 Å². The molecular weight excluding hydrogens is 308 g/mol. The summed E-state index contributed by atoms with van der Waals surface area (Å²) in [6.07, 6.45) is -1.47. The number of anilines is 2. The lowest BCUT2D eigenvalue weighted by Crippen LogP contribution is -2.54. The van der Waals surface area contributed by atoms with Crippen molar-refractivity contribution < 1.29 is 15.0 Å². The zero-order valence-corrected chi connectivity index (χ0v) is 12.8. The van der Waals surface area contributed by atoms with Crippen molar-refractivity contribution in [2.24, 2.45) is 0 Å². The van der Waals surface area contributed by atoms with Gasteiger partial charge in [-0.25, -0.2) is 4.79 Å². The Hall–Kier alpha value is -2.17. The topological polar surface area (TPSA) is 114 Å². The van der Waals surface area contributed by atoms with E-state index in [0.29, 0.717) is 34.9 Å². The highest BCUT2D eigenvalue weighted by atomic mass is 35.5. The lowest BCUT2D eigenvalue weighted by atomic mass is 9.99. The van der Waals surface area contributed by atoms with Gasteiger partial charge >= 0.3 is 6.09 Å². The van der Waals surface area contributed by atoms with Crippen LogP contribution in [-0.2, 0) is 0 Å². The first-order valence-electron chi connectivity index (χ1n) is 6.73. The van der Waals surface area contributed by atoms with Crippen molar-refractivity contribution in [1.82, 2.24) is 4.90 Å². The molecule has 1 fully saturated rings. The van der Waals surface area contributed by atoms with Crippen molar-refractivity contribution in [2.45, 2.75) is 18.6 Å². The number of hydrogen-bond donors (Lipinski definition) is 3. The molecule has 118 valence electrons. The quantitative estimate of drug-likeness (QED) is 0.707. The number of likely N-dealkylation sites (N-methyl/N-ethyl adjacent to an activating group) is 1. The van der Waals surface area contributed by atoms with Crippen LogP contribution in [0.1, 0.15) is 12.0 Å². The molecule has 8 heteroatoms. The van der Waals surface area contributed by atoms with E-state index in [2.05, 4.69) is 0 Å². The summed E-state index contributed by atoms with van der Waals surface area (Å²) in [5.74, 6) is 0. The van der Waals surface area contributed by atoms with Gasteiger partial charge < -0.3 is 25.7 Å². The summed E-state index contributed by atoms with van der Waals surface area (Å²) in [5.41, 5.74) is 7.06. The van der Waals surface area contributed by atoms with E-state index in [9.17, 15) is 9.90 Å². The number of nitrogen functional groups attached to an aromatic ring is 1. The number of hydrogen-bond acceptors (Lipinski definition) is 5. The van der Waals surface area contributed by atoms with Gasteiger partial charge in [0.15, 0.2) is 0 Å². The number of β-amino-alcohol motifs (C(OH)–C–C–N with tert-alkyl or cyclic N) is 1. The molecule has 0 radical (unpaired) electrons. The molecule has 0 spiro atoms. The normalized spacial score (nSPS) is 21.3. The SMILES string of the molecule is CN(C(=O)O)[C@@H]1CCN(c2cc(C#N)cc(N)c2Cl)C[C@@H]1O. The second-order valence-corrected chi connectivity index (χ2v) is 5.65. The molecule has 0 bridgehead atoms. The second-order valence-electron chi connectivity index (χ2n) is 5.27. The van der Waals surface area contributed by atoms with Crippen molar-refractivity contribution in [1.29, 1.82) is 5.26 Å². The minimum absolute atomic E-state index is 0.219. The van der Waals surface area contributed by atoms with Gasteiger partial charge in [0.2, 0.25) is 0 Å². The highest BCUT2D eigenvalue weighted by Crippen LogP contribution is 2.34. The number of halogens is 1. The van der Waals surface area contributed by atoms with E-state index in [0.717, 1.165) is 4.90 Å². The number of aliphatic hydroxyl groups excluding tert-OH is 1. The van der Waals surface area contributed by atoms with E-state index in [1.165, 1.54) is 13.1 Å². The molecule has 1 aliphatic heterocycles. The number of nitrogens with zero attached hydrogens (tertiary/aromatic N) is 3. The number of amides is 1. The third-order valence-corrected chi connectivity index (χ3v) is 4.31. The number of nitriles is 1. The standard InChI is InChI=1S/C14H17ClN4O3/c1-18(14(21)22)10-2-3-19(7-12(10)20)11-5-8(6-16)4-9(17)13(11)15/h4-5,10,12,20H,2-3,7,17H2,1H3,(H,21,22)/t10-,12+/m1/s1. The van der Waals surface area contributed by atoms with Crippen molar-refractivity contribution >= 4 is 29.1 Å². The Morgan fingerprint density at radius 3 is 2.82 bits per heavy atom. The van der Waals surface area contributed by atoms with Crippen molar-refractivity contribution in [2.75, 3.05) is 30.8 Å². The van der Waals surface area contributed by atoms with Crippen LogP contribution in [0.4, 0.5) is 16.2 Å². The van der Waals surface area contributed by atoms with Crippen LogP contribution in [0.3, 0.4) is 0 Å². The minimum Gasteiger partial charge on any atom is -0.465 e. The van der Waals surface area contributed by atoms with Crippen LogP contribution in [0.2, 0.25) is 5.02 Å². The molecule has 0 saturated carbocycles. The summed E-state index contributed by atoms with van der Waals surface area (Å²) in [6.45, 7) is 0.726. The molecule has 0 unspecified atom stereocenters. The minimum atomic E-state index is -1.08. The Morgan fingerprint density at radius 2 is 2.27 bits per heavy atom. The van der Waals surface area contributed by atoms with Crippen LogP contribution < -0.4 is 10.6 Å². The molecule has 1 aliphatic rings. The number of carboxylic acid groups (broad SMARTS) is 1. The molecule has 2 atom stereocenters. The summed E-state index contributed by atoms with van der Waals surface area (Å²) in [4.78, 5) is 13.9. The van der Waals surface area contributed by atoms with E-state index < -0.39 is 18.2 Å². The van der Waals surface area contributed by atoms with Crippen molar-refractivity contribution in [3.63, 3.8) is 0 Å². The van der Waals surface area contributed by atoms with Crippen LogP contribution >= 0.6 is 11.6 Å². The number of aliphatic hydroxyl groups is 1. The van der Waals surface area contributed by atoms with Gasteiger partial charge in [0.05, 0.1) is 40.2 Å². The molecule has 4 N–H and O–H groups in total. The molecule has 1 heterocycles. The lowest BCUT2D eigenvalue weighted by molar-refractivity contribution is 0.0497. The zero-order valence-electron chi connectivity index (χ0n) is 12.0. The highest BCUT2D eigenvalue weighted by Gasteiger charge is 2.33. The van der Waals surface area contributed by atoms with Gasteiger partial charge in [-0.2, -0.15) is 5.26 Å². The molecule has 1 amide bonds. The van der Waals surface area contributed by atoms with Gasteiger partial charge in [-0.05, 0) is 18.6 Å². The Balaban J connectivity index is 2.22. The molecule has 1 aromatic rings. The largest absolute Gasteiger partial charge is 0.465 e. The zero-order chi connectivity index (χ0) is 16.4. The van der Waals surface area contributed by atoms with Gasteiger partial charge in [0.1, 0.15) is 0 Å². The molecule has 7 nitrogen and oxygen atoms in total. The van der Waals surface area contributed by atoms with Crippen LogP contribution in [0, 0.1) is 11.3 Å². The van der Waals surface area contributed by atoms with E-state index in [4.69, 9.17) is 27.7 Å². The summed E-state index contributed by atoms with van der Waals surface area (Å²) in [7, 11) is 1.44. The van der Waals surface area contributed by atoms with E-state index in [-0.39, 0.29) is 6.54 Å². The van der Waals surface area contributed by atoms with Gasteiger partial charge in [-0.15, -0.1) is 0 Å². The lowest BCUT2D eigenvalue weighted by Gasteiger charge is -2.40. The Morgan fingerprint density at radius 1 is 1.59 bits per heavy atom. The average Bonchev–Trinajstić information content (AvgIpc) is 2.49. The third kappa shape index (κ3) is 3.03. The van der Waals surface area contributed by atoms with Crippen molar-refractivity contribution in [3.05, 3.63) is 22.7 Å². The number of carbonyl (C=O) groups is 1. The first-order chi connectivity index (χ1) is 10.3. The second kappa shape index (κ2) is 6.30. The molecule has 22 heavy (non-hydrogen) atoms. The summed E-state index contributed by atoms with van der Waals surface area (Å²) >= 11 is 6.19. The monoisotopic (exact) mass is 324 g/mol. The Labute approximate surface area is 133 Å². The van der Waals surface area contributed by atoms with Gasteiger partial charge in [-0.3, -0.25) is 0 Å². The number of rotatable bonds is 2. The number of nitrogens with two attached hydrogens (primary N) is 1. The predicted molar refractivity (Wildman–Crippen MR) is 83.0 cm³/mol. The van der Waals surface area contributed by atoms with Crippen LogP contribution in [-0.4, -0.2) is 53.5 Å². The third-order valence-electron chi connectivity index (χ3n) is 3.90. The molecule has 0 aliphatic carbocycles. The summed E-state index contributed by atoms with van der Waals surface area (Å²) in [6, 6.07) is 4.66. The number of benzene rings is 1. The van der Waals surface area contributed by atoms with E-state index >= 15 is 0 Å². The molecule has 1 aromatic carbocycles. The van der Waals surface area contributed by atoms with E-state index in [1.807, 2.05) is 11.0 Å². The first-order valence-corrected chi connectivity index (χ1v) is 7.10. The van der Waals surface area contributed by atoms with Crippen molar-refractivity contribution in [3.8, 4) is 6.07 Å². The summed E-state index contributed by atoms with van der Waals surface area (Å²) < 4.78 is 0. The fourth-order valence-electron chi connectivity index (χ4n) is 2.66. The molecule has 1 saturated heterocycles. The smallest absolute Gasteiger partial charge is 0.407 e. The fourth-order valence-corrected chi connectivity index (χ4v) is 2.89. The molecule has 2 rings (SSSR count). The van der Waals surface area contributed by atoms with Crippen LogP contribution in [0.5, 0.6) is 0 Å². The fraction of sp³-hybridized carbons (Fsp3) is 0.429. The first kappa shape index (κ1) is 16.2. The Bertz CT molecular complexity index is 631. The molecule has 0 aromatic heterocycles. The highest BCUT2D eigenvalue weighted by molar-refractivity contribution is 6.35. The maximum absolute atomic E-state index is 11.0. The number of piperidine rings is 1. The van der Waals surface area contributed by atoms with E-state index in [1.54, 1.807) is 6.07 Å².